The normalized spacial score (nSPS) is 14.7. The number of pyridine rings is 1. The van der Waals surface area contributed by atoms with Crippen LogP contribution in [0.15, 0.2) is 76.6 Å². The molecule has 1 aromatic heterocycles. The Balaban J connectivity index is 1.95. The molecule has 0 aliphatic heterocycles. The third-order valence-corrected chi connectivity index (χ3v) is 7.07. The second kappa shape index (κ2) is 15.1. The van der Waals surface area contributed by atoms with Gasteiger partial charge < -0.3 is 42.8 Å². The Hall–Kier alpha value is -5.55. The van der Waals surface area contributed by atoms with Crippen molar-refractivity contribution in [1.29, 1.82) is 0 Å². The summed E-state index contributed by atoms with van der Waals surface area (Å²) in [6.07, 6.45) is 7.69. The molecule has 0 saturated heterocycles. The van der Waals surface area contributed by atoms with E-state index in [2.05, 4.69) is 25.9 Å². The number of ether oxygens (including phenoxy) is 1. The predicted octanol–water partition coefficient (Wildman–Crippen LogP) is 1.45. The first-order valence-corrected chi connectivity index (χ1v) is 13.8. The lowest BCUT2D eigenvalue weighted by atomic mass is 10.0. The molecule has 1 aromatic carbocycles. The van der Waals surface area contributed by atoms with Crippen LogP contribution in [0.2, 0.25) is 0 Å². The van der Waals surface area contributed by atoms with Gasteiger partial charge in [-0.05, 0) is 31.9 Å². The minimum Gasteiger partial charge on any atom is -0.494 e. The minimum atomic E-state index is -0.547. The first-order valence-electron chi connectivity index (χ1n) is 13.8. The van der Waals surface area contributed by atoms with Crippen LogP contribution in [0.3, 0.4) is 0 Å². The number of rotatable bonds is 13. The number of hydrogen-bond acceptors (Lipinski definition) is 11. The summed E-state index contributed by atoms with van der Waals surface area (Å²) in [7, 11) is 6.34. The molecule has 1 aliphatic carbocycles. The molecule has 13 heteroatoms. The maximum Gasteiger partial charge on any atom is 0.269 e. The number of nitrogens with two attached hydrogens (primary N) is 3. The Morgan fingerprint density at radius 3 is 2.50 bits per heavy atom. The summed E-state index contributed by atoms with van der Waals surface area (Å²) in [5, 5.41) is 8.23. The second-order valence-corrected chi connectivity index (χ2v) is 10.0. The van der Waals surface area contributed by atoms with E-state index in [1.165, 1.54) is 26.4 Å². The van der Waals surface area contributed by atoms with E-state index in [1.54, 1.807) is 55.7 Å². The first kappa shape index (κ1) is 33.0. The van der Waals surface area contributed by atoms with Crippen LogP contribution in [0, 0.1) is 5.92 Å². The molecular weight excluding hydrogens is 562 g/mol. The summed E-state index contributed by atoms with van der Waals surface area (Å²) in [4.78, 5) is 46.9. The molecule has 1 unspecified atom stereocenters. The molecule has 2 aromatic rings. The van der Waals surface area contributed by atoms with Gasteiger partial charge in [-0.3, -0.25) is 19.6 Å². The van der Waals surface area contributed by atoms with Gasteiger partial charge in [0.05, 0.1) is 30.2 Å². The van der Waals surface area contributed by atoms with Crippen molar-refractivity contribution in [2.45, 2.75) is 25.8 Å². The van der Waals surface area contributed by atoms with Crippen LogP contribution in [0.1, 0.15) is 25.5 Å². The summed E-state index contributed by atoms with van der Waals surface area (Å²) in [6, 6.07) is 8.59. The number of nitrogens with one attached hydrogen (secondary N) is 3. The standard InChI is InChI=1S/C31H39N9O4/c1-18(21(14-32)15-35-2)40(4)26(17-41)23-12-11-20(16-37-23)22-7-6-8-24(29(22)44-5)38-25(28(34)31(43)36-3)13-27(33)39-30(42)19-9-10-19/h6-8,11-16,18-19,38H,9-10,32-34H2,1-5H3,(H,36,43)(H,39,42)/b21-14+,27-13+,28-25+,35-15?. The number of aromatic nitrogens is 1. The van der Waals surface area contributed by atoms with E-state index < -0.39 is 5.91 Å². The van der Waals surface area contributed by atoms with E-state index in [0.29, 0.717) is 28.3 Å². The number of likely N-dealkylation sites (N-methyl/N-ethyl adjacent to an activating group) is 2. The average molecular weight is 602 g/mol. The van der Waals surface area contributed by atoms with E-state index in [-0.39, 0.29) is 40.8 Å². The summed E-state index contributed by atoms with van der Waals surface area (Å²) in [5.74, 6) is 1.64. The highest BCUT2D eigenvalue weighted by molar-refractivity contribution is 5.94. The topological polar surface area (TPSA) is 203 Å². The quantitative estimate of drug-likeness (QED) is 0.0844. The molecule has 1 atom stereocenters. The maximum atomic E-state index is 12.4. The van der Waals surface area contributed by atoms with Gasteiger partial charge in [-0.15, -0.1) is 0 Å². The molecule has 9 N–H and O–H groups in total. The molecule has 232 valence electrons. The zero-order chi connectivity index (χ0) is 32.4. The Labute approximate surface area is 256 Å². The molecule has 1 fully saturated rings. The fraction of sp³-hybridized carbons (Fsp3) is 0.290. The summed E-state index contributed by atoms with van der Waals surface area (Å²) in [6.45, 7) is 1.89. The van der Waals surface area contributed by atoms with Gasteiger partial charge in [0.25, 0.3) is 5.91 Å². The van der Waals surface area contributed by atoms with Gasteiger partial charge in [0, 0.05) is 68.4 Å². The van der Waals surface area contributed by atoms with E-state index in [1.807, 2.05) is 18.9 Å². The number of nitrogens with zero attached hydrogens (tertiary/aromatic N) is 3. The van der Waals surface area contributed by atoms with Gasteiger partial charge in [-0.2, -0.15) is 0 Å². The fourth-order valence-electron chi connectivity index (χ4n) is 4.30. The van der Waals surface area contributed by atoms with E-state index in [9.17, 15) is 14.4 Å². The van der Waals surface area contributed by atoms with Crippen molar-refractivity contribution in [2.24, 2.45) is 28.1 Å². The number of carbonyl (C=O) groups excluding carboxylic acids is 3. The molecule has 0 spiro atoms. The van der Waals surface area contributed by atoms with Gasteiger partial charge in [0.2, 0.25) is 5.91 Å². The SMILES string of the molecule is CN=C/C(=C\N)C(C)N(C)C(=C=O)c1ccc(-c2cccc(NC(/C=C(\N)NC(=O)C3CC3)=C(/N)C(=O)NC)c2OC)cn1. The number of carbonyl (C=O) groups is 2. The van der Waals surface area contributed by atoms with Gasteiger partial charge in [-0.1, -0.05) is 18.2 Å². The van der Waals surface area contributed by atoms with Crippen LogP contribution in [0.25, 0.3) is 16.8 Å². The van der Waals surface area contributed by atoms with E-state index >= 15 is 0 Å². The number of aliphatic imine (C=N–C) groups is 1. The molecule has 0 bridgehead atoms. The smallest absolute Gasteiger partial charge is 0.269 e. The Kier molecular flexibility index (Phi) is 11.3. The monoisotopic (exact) mass is 601 g/mol. The van der Waals surface area contributed by atoms with Crippen LogP contribution in [0.5, 0.6) is 5.75 Å². The zero-order valence-corrected chi connectivity index (χ0v) is 25.5. The number of allylic oxidation sites excluding steroid dienone is 1. The highest BCUT2D eigenvalue weighted by atomic mass is 16.5. The fourth-order valence-corrected chi connectivity index (χ4v) is 4.30. The lowest BCUT2D eigenvalue weighted by Gasteiger charge is -2.27. The van der Waals surface area contributed by atoms with Crippen LogP contribution < -0.4 is 37.9 Å². The van der Waals surface area contributed by atoms with Crippen molar-refractivity contribution in [3.8, 4) is 16.9 Å². The number of hydrogen-bond donors (Lipinski definition) is 6. The van der Waals surface area contributed by atoms with Gasteiger partial charge in [0.15, 0.2) is 5.94 Å². The summed E-state index contributed by atoms with van der Waals surface area (Å²) in [5.41, 5.74) is 21.2. The lowest BCUT2D eigenvalue weighted by Crippen LogP contribution is -2.31. The van der Waals surface area contributed by atoms with Crippen molar-refractivity contribution in [3.63, 3.8) is 0 Å². The first-order chi connectivity index (χ1) is 21.1. The highest BCUT2D eigenvalue weighted by Gasteiger charge is 2.29. The van der Waals surface area contributed by atoms with Crippen LogP contribution in [-0.2, 0) is 14.4 Å². The molecule has 13 nitrogen and oxygen atoms in total. The number of amides is 2. The zero-order valence-electron chi connectivity index (χ0n) is 25.5. The summed E-state index contributed by atoms with van der Waals surface area (Å²) < 4.78 is 5.76. The van der Waals surface area contributed by atoms with Gasteiger partial charge in [-0.25, -0.2) is 4.79 Å². The van der Waals surface area contributed by atoms with E-state index in [4.69, 9.17) is 21.9 Å². The number of benzene rings is 1. The van der Waals surface area contributed by atoms with Crippen molar-refractivity contribution in [1.82, 2.24) is 20.5 Å². The van der Waals surface area contributed by atoms with Crippen molar-refractivity contribution >= 4 is 35.4 Å². The van der Waals surface area contributed by atoms with Crippen molar-refractivity contribution < 1.29 is 19.1 Å². The maximum absolute atomic E-state index is 12.4. The Morgan fingerprint density at radius 2 is 1.95 bits per heavy atom. The number of methoxy groups -OCH3 is 1. The predicted molar refractivity (Wildman–Crippen MR) is 171 cm³/mol. The lowest BCUT2D eigenvalue weighted by molar-refractivity contribution is -0.121. The van der Waals surface area contributed by atoms with Crippen LogP contribution >= 0.6 is 0 Å². The van der Waals surface area contributed by atoms with Crippen LogP contribution in [-0.4, -0.2) is 68.1 Å². The third kappa shape index (κ3) is 7.84. The molecule has 1 saturated carbocycles. The molecule has 3 rings (SSSR count). The molecule has 1 heterocycles. The van der Waals surface area contributed by atoms with Crippen molar-refractivity contribution in [3.05, 3.63) is 77.3 Å². The van der Waals surface area contributed by atoms with Gasteiger partial charge in [0.1, 0.15) is 23.0 Å². The van der Waals surface area contributed by atoms with Crippen molar-refractivity contribution in [2.75, 3.05) is 33.6 Å². The summed E-state index contributed by atoms with van der Waals surface area (Å²) >= 11 is 0. The molecule has 0 radical (unpaired) electrons. The molecule has 2 amide bonds. The molecule has 1 aliphatic rings. The van der Waals surface area contributed by atoms with E-state index in [0.717, 1.165) is 18.4 Å². The third-order valence-electron chi connectivity index (χ3n) is 7.07. The Bertz CT molecular complexity index is 1550. The van der Waals surface area contributed by atoms with Gasteiger partial charge >= 0.3 is 0 Å². The Morgan fingerprint density at radius 1 is 1.23 bits per heavy atom. The number of anilines is 1. The van der Waals surface area contributed by atoms with Crippen LogP contribution in [0.4, 0.5) is 5.69 Å². The molecule has 44 heavy (non-hydrogen) atoms. The number of para-hydroxylation sites is 1. The second-order valence-electron chi connectivity index (χ2n) is 10.0. The highest BCUT2D eigenvalue weighted by Crippen LogP contribution is 2.37. The minimum absolute atomic E-state index is 0.0283. The largest absolute Gasteiger partial charge is 0.494 e. The average Bonchev–Trinajstić information content (AvgIpc) is 3.89. The molecular formula is C31H39N9O4.